The second-order valence-corrected chi connectivity index (χ2v) is 3.09. The molecule has 0 aromatic carbocycles. The zero-order valence-corrected chi connectivity index (χ0v) is 9.71. The fourth-order valence-corrected chi connectivity index (χ4v) is 0.817. The smallest absolute Gasteiger partial charge is 0.305 e. The van der Waals surface area contributed by atoms with Crippen LogP contribution in [0.5, 0.6) is 0 Å². The van der Waals surface area contributed by atoms with Crippen LogP contribution in [0.2, 0.25) is 0 Å². The van der Waals surface area contributed by atoms with Crippen molar-refractivity contribution >= 4 is 11.9 Å². The van der Waals surface area contributed by atoms with Gasteiger partial charge in [-0.15, -0.1) is 0 Å². The molecule has 5 nitrogen and oxygen atoms in total. The first kappa shape index (κ1) is 16.2. The van der Waals surface area contributed by atoms with Crippen molar-refractivity contribution in [1.29, 1.82) is 5.41 Å². The number of carbonyl (C=O) groups is 1. The quantitative estimate of drug-likeness (QED) is 0.270. The molecule has 0 rings (SSSR count). The maximum absolute atomic E-state index is 10.6. The Kier molecular flexibility index (Phi) is 13.7. The molecule has 0 unspecified atom stereocenters. The van der Waals surface area contributed by atoms with Crippen molar-refractivity contribution in [3.63, 3.8) is 0 Å². The zero-order valence-electron chi connectivity index (χ0n) is 9.71. The third-order valence-corrected chi connectivity index (χ3v) is 1.55. The second-order valence-electron chi connectivity index (χ2n) is 3.09. The van der Waals surface area contributed by atoms with Gasteiger partial charge in [-0.3, -0.25) is 10.2 Å². The normalized spacial score (nSPS) is 8.67. The molecule has 0 atom stereocenters. The van der Waals surface area contributed by atoms with Crippen LogP contribution < -0.4 is 11.5 Å². The second kappa shape index (κ2) is 12.7. The molecule has 0 aromatic heterocycles. The van der Waals surface area contributed by atoms with Crippen molar-refractivity contribution in [2.24, 2.45) is 11.5 Å². The van der Waals surface area contributed by atoms with Crippen molar-refractivity contribution in [2.75, 3.05) is 6.61 Å². The van der Waals surface area contributed by atoms with Crippen LogP contribution >= 0.6 is 0 Å². The van der Waals surface area contributed by atoms with E-state index in [9.17, 15) is 4.79 Å². The molecule has 0 heterocycles. The lowest BCUT2D eigenvalue weighted by Gasteiger charge is -2.01. The molecule has 0 aromatic rings. The van der Waals surface area contributed by atoms with Gasteiger partial charge in [0.1, 0.15) is 0 Å². The molecule has 0 spiro atoms. The van der Waals surface area contributed by atoms with Crippen LogP contribution in [0.3, 0.4) is 0 Å². The van der Waals surface area contributed by atoms with Gasteiger partial charge in [0, 0.05) is 6.42 Å². The lowest BCUT2D eigenvalue weighted by atomic mass is 10.2. The Balaban J connectivity index is 0. The van der Waals surface area contributed by atoms with Gasteiger partial charge < -0.3 is 16.2 Å². The van der Waals surface area contributed by atoms with E-state index in [0.29, 0.717) is 13.0 Å². The predicted octanol–water partition coefficient (Wildman–Crippen LogP) is 1.36. The predicted molar refractivity (Wildman–Crippen MR) is 61.5 cm³/mol. The summed E-state index contributed by atoms with van der Waals surface area (Å²) in [4.78, 5) is 10.6. The van der Waals surface area contributed by atoms with E-state index in [1.807, 2.05) is 6.92 Å². The maximum Gasteiger partial charge on any atom is 0.305 e. The molecule has 0 amide bonds. The van der Waals surface area contributed by atoms with Crippen LogP contribution in [-0.4, -0.2) is 18.5 Å². The first-order valence-corrected chi connectivity index (χ1v) is 5.29. The van der Waals surface area contributed by atoms with E-state index in [2.05, 4.69) is 18.4 Å². The number of ether oxygens (including phenoxy) is 1. The number of nitrogens with two attached hydrogens (primary N) is 2. The molecule has 90 valence electrons. The molecule has 0 aliphatic heterocycles. The molecule has 0 aliphatic carbocycles. The summed E-state index contributed by atoms with van der Waals surface area (Å²) in [5.41, 5.74) is 8.94. The summed E-state index contributed by atoms with van der Waals surface area (Å²) in [6.45, 7) is 4.58. The van der Waals surface area contributed by atoms with E-state index in [1.165, 1.54) is 19.3 Å². The highest BCUT2D eigenvalue weighted by atomic mass is 16.5. The van der Waals surface area contributed by atoms with Gasteiger partial charge in [0.2, 0.25) is 0 Å². The number of esters is 1. The summed E-state index contributed by atoms with van der Waals surface area (Å²) in [5, 5.41) is 6.06. The summed E-state index contributed by atoms with van der Waals surface area (Å²) in [5.74, 6) is -0.415. The Bertz CT molecular complexity index is 168. The van der Waals surface area contributed by atoms with Crippen LogP contribution in [0.15, 0.2) is 0 Å². The van der Waals surface area contributed by atoms with Crippen LogP contribution in [0.1, 0.15) is 46.0 Å². The molecule has 5 heteroatoms. The average molecular weight is 217 g/mol. The minimum Gasteiger partial charge on any atom is -0.466 e. The number of guanidine groups is 1. The maximum atomic E-state index is 10.6. The third-order valence-electron chi connectivity index (χ3n) is 1.55. The molecule has 0 fully saturated rings. The molecule has 0 radical (unpaired) electrons. The van der Waals surface area contributed by atoms with Crippen LogP contribution in [0.4, 0.5) is 0 Å². The molecule has 5 N–H and O–H groups in total. The van der Waals surface area contributed by atoms with Crippen molar-refractivity contribution < 1.29 is 9.53 Å². The van der Waals surface area contributed by atoms with E-state index >= 15 is 0 Å². The molecular formula is C10H23N3O2. The Hall–Kier alpha value is -1.26. The first-order valence-electron chi connectivity index (χ1n) is 5.29. The van der Waals surface area contributed by atoms with Crippen molar-refractivity contribution in [1.82, 2.24) is 0 Å². The first-order chi connectivity index (χ1) is 7.04. The lowest BCUT2D eigenvalue weighted by molar-refractivity contribution is -0.143. The highest BCUT2D eigenvalue weighted by molar-refractivity contribution is 5.71. The van der Waals surface area contributed by atoms with Gasteiger partial charge in [0.05, 0.1) is 6.61 Å². The minimum absolute atomic E-state index is 0.0819. The van der Waals surface area contributed by atoms with Crippen molar-refractivity contribution in [2.45, 2.75) is 46.0 Å². The van der Waals surface area contributed by atoms with Crippen LogP contribution in [0.25, 0.3) is 0 Å². The largest absolute Gasteiger partial charge is 0.466 e. The highest BCUT2D eigenvalue weighted by Gasteiger charge is 1.95. The Morgan fingerprint density at radius 1 is 1.20 bits per heavy atom. The van der Waals surface area contributed by atoms with Gasteiger partial charge in [-0.1, -0.05) is 33.1 Å². The summed E-state index contributed by atoms with van der Waals surface area (Å²) < 4.78 is 4.90. The SMILES string of the molecule is CCCCCCOC(=O)CC.N=C(N)N. The summed E-state index contributed by atoms with van der Waals surface area (Å²) >= 11 is 0. The Morgan fingerprint density at radius 3 is 2.13 bits per heavy atom. The Labute approximate surface area is 91.7 Å². The number of unbranched alkanes of at least 4 members (excludes halogenated alkanes) is 3. The van der Waals surface area contributed by atoms with Crippen LogP contribution in [0, 0.1) is 5.41 Å². The fourth-order valence-electron chi connectivity index (χ4n) is 0.817. The molecule has 0 aliphatic rings. The van der Waals surface area contributed by atoms with Gasteiger partial charge in [0.25, 0.3) is 0 Å². The average Bonchev–Trinajstić information content (AvgIpc) is 2.16. The van der Waals surface area contributed by atoms with Crippen LogP contribution in [-0.2, 0) is 9.53 Å². The molecular weight excluding hydrogens is 194 g/mol. The molecule has 0 saturated carbocycles. The van der Waals surface area contributed by atoms with E-state index in [4.69, 9.17) is 10.1 Å². The van der Waals surface area contributed by atoms with Crippen molar-refractivity contribution in [3.8, 4) is 0 Å². The van der Waals surface area contributed by atoms with E-state index < -0.39 is 0 Å². The van der Waals surface area contributed by atoms with Crippen molar-refractivity contribution in [3.05, 3.63) is 0 Å². The summed E-state index contributed by atoms with van der Waals surface area (Å²) in [7, 11) is 0. The molecule has 15 heavy (non-hydrogen) atoms. The number of carbonyl (C=O) groups excluding carboxylic acids is 1. The summed E-state index contributed by atoms with van der Waals surface area (Å²) in [6, 6.07) is 0. The fraction of sp³-hybridized carbons (Fsp3) is 0.800. The van der Waals surface area contributed by atoms with Gasteiger partial charge in [-0.05, 0) is 6.42 Å². The number of rotatable bonds is 6. The van der Waals surface area contributed by atoms with Gasteiger partial charge in [-0.25, -0.2) is 0 Å². The van der Waals surface area contributed by atoms with Gasteiger partial charge in [0.15, 0.2) is 5.96 Å². The van der Waals surface area contributed by atoms with E-state index in [1.54, 1.807) is 0 Å². The highest BCUT2D eigenvalue weighted by Crippen LogP contribution is 1.99. The third kappa shape index (κ3) is 24.5. The molecule has 0 saturated heterocycles. The standard InChI is InChI=1S/C9H18O2.CH5N3/c1-3-5-6-7-8-11-9(10)4-2;2-1(3)4/h3-8H2,1-2H3;(H5,2,3,4). The molecule has 0 bridgehead atoms. The number of nitrogens with one attached hydrogen (secondary N) is 1. The van der Waals surface area contributed by atoms with Gasteiger partial charge >= 0.3 is 5.97 Å². The zero-order chi connectivity index (χ0) is 12.1. The lowest BCUT2D eigenvalue weighted by Crippen LogP contribution is -2.20. The number of hydrogen-bond acceptors (Lipinski definition) is 3. The number of hydrogen-bond donors (Lipinski definition) is 3. The monoisotopic (exact) mass is 217 g/mol. The van der Waals surface area contributed by atoms with Gasteiger partial charge in [-0.2, -0.15) is 0 Å². The topological polar surface area (TPSA) is 102 Å². The summed E-state index contributed by atoms with van der Waals surface area (Å²) in [6.07, 6.45) is 5.15. The van der Waals surface area contributed by atoms with E-state index in [0.717, 1.165) is 6.42 Å². The Morgan fingerprint density at radius 2 is 1.73 bits per heavy atom. The minimum atomic E-state index is -0.333. The van der Waals surface area contributed by atoms with E-state index in [-0.39, 0.29) is 11.9 Å².